The summed E-state index contributed by atoms with van der Waals surface area (Å²) in [6.07, 6.45) is 6.84. The lowest BCUT2D eigenvalue weighted by atomic mass is 10.2. The third kappa shape index (κ3) is 2.97. The van der Waals surface area contributed by atoms with Gasteiger partial charge in [0.05, 0.1) is 0 Å². The molecule has 4 nitrogen and oxygen atoms in total. The molecule has 1 aromatic carbocycles. The molecule has 2 aromatic heterocycles. The van der Waals surface area contributed by atoms with Crippen molar-refractivity contribution < 1.29 is 0 Å². The zero-order chi connectivity index (χ0) is 16.4. The number of hydrogen-bond donors (Lipinski definition) is 0. The van der Waals surface area contributed by atoms with Gasteiger partial charge in [0.15, 0.2) is 0 Å². The minimum absolute atomic E-state index is 0.478. The molecule has 1 aliphatic heterocycles. The molecular weight excluding hydrogens is 296 g/mol. The van der Waals surface area contributed by atoms with Gasteiger partial charge in [-0.25, -0.2) is 4.98 Å². The molecule has 1 fully saturated rings. The summed E-state index contributed by atoms with van der Waals surface area (Å²) >= 11 is 0. The molecule has 0 bridgehead atoms. The Bertz CT molecular complexity index is 795. The molecule has 1 saturated heterocycles. The van der Waals surface area contributed by atoms with Crippen LogP contribution in [0.4, 0.5) is 0 Å². The van der Waals surface area contributed by atoms with Crippen LogP contribution in [-0.2, 0) is 6.54 Å². The maximum atomic E-state index is 4.64. The van der Waals surface area contributed by atoms with Gasteiger partial charge >= 0.3 is 0 Å². The Labute approximate surface area is 142 Å². The van der Waals surface area contributed by atoms with Crippen molar-refractivity contribution in [2.75, 3.05) is 13.1 Å². The van der Waals surface area contributed by atoms with E-state index in [9.17, 15) is 0 Å². The normalized spacial score (nSPS) is 18.1. The molecule has 24 heavy (non-hydrogen) atoms. The second-order valence-corrected chi connectivity index (χ2v) is 6.50. The summed E-state index contributed by atoms with van der Waals surface area (Å²) in [6.45, 7) is 5.36. The van der Waals surface area contributed by atoms with Crippen molar-refractivity contribution in [3.8, 4) is 11.4 Å². The van der Waals surface area contributed by atoms with E-state index in [1.807, 2.05) is 18.5 Å². The molecule has 3 aromatic rings. The fourth-order valence-electron chi connectivity index (χ4n) is 3.62. The Morgan fingerprint density at radius 1 is 1.08 bits per heavy atom. The standard InChI is InChI=1S/C20H22N4/c1-16-12-22-20(18-8-5-10-21-13-18)24(16)19-9-11-23(15-19)14-17-6-3-2-4-7-17/h2-8,10,12-13,19H,9,11,14-15H2,1H3. The van der Waals surface area contributed by atoms with Gasteiger partial charge in [0.25, 0.3) is 0 Å². The molecule has 1 atom stereocenters. The van der Waals surface area contributed by atoms with E-state index in [0.717, 1.165) is 37.4 Å². The lowest BCUT2D eigenvalue weighted by Gasteiger charge is -2.19. The Morgan fingerprint density at radius 2 is 1.96 bits per heavy atom. The van der Waals surface area contributed by atoms with Gasteiger partial charge in [0.1, 0.15) is 5.82 Å². The van der Waals surface area contributed by atoms with Crippen LogP contribution in [-0.4, -0.2) is 32.5 Å². The van der Waals surface area contributed by atoms with Gasteiger partial charge in [-0.05, 0) is 31.0 Å². The summed E-state index contributed by atoms with van der Waals surface area (Å²) in [6, 6.07) is 15.2. The molecule has 3 heterocycles. The van der Waals surface area contributed by atoms with Crippen molar-refractivity contribution in [3.05, 3.63) is 72.3 Å². The highest BCUT2D eigenvalue weighted by Crippen LogP contribution is 2.29. The first-order valence-electron chi connectivity index (χ1n) is 8.52. The van der Waals surface area contributed by atoms with Crippen molar-refractivity contribution in [3.63, 3.8) is 0 Å². The molecule has 1 unspecified atom stereocenters. The predicted octanol–water partition coefficient (Wildman–Crippen LogP) is 3.70. The fraction of sp³-hybridized carbons (Fsp3) is 0.300. The van der Waals surface area contributed by atoms with E-state index in [-0.39, 0.29) is 0 Å². The number of benzene rings is 1. The van der Waals surface area contributed by atoms with Gasteiger partial charge in [-0.2, -0.15) is 0 Å². The number of likely N-dealkylation sites (tertiary alicyclic amines) is 1. The van der Waals surface area contributed by atoms with Gasteiger partial charge in [-0.1, -0.05) is 30.3 Å². The van der Waals surface area contributed by atoms with Crippen LogP contribution in [0.15, 0.2) is 61.1 Å². The SMILES string of the molecule is Cc1cnc(-c2cccnc2)n1C1CCN(Cc2ccccc2)C1. The number of hydrogen-bond acceptors (Lipinski definition) is 3. The maximum absolute atomic E-state index is 4.64. The number of aromatic nitrogens is 3. The molecule has 0 amide bonds. The highest BCUT2D eigenvalue weighted by molar-refractivity contribution is 5.54. The van der Waals surface area contributed by atoms with E-state index in [1.165, 1.54) is 11.3 Å². The fourth-order valence-corrected chi connectivity index (χ4v) is 3.62. The predicted molar refractivity (Wildman–Crippen MR) is 95.6 cm³/mol. The van der Waals surface area contributed by atoms with Gasteiger partial charge in [0, 0.05) is 55.5 Å². The quantitative estimate of drug-likeness (QED) is 0.735. The van der Waals surface area contributed by atoms with E-state index in [1.54, 1.807) is 6.20 Å². The summed E-state index contributed by atoms with van der Waals surface area (Å²) in [5.74, 6) is 1.03. The Hall–Kier alpha value is -2.46. The maximum Gasteiger partial charge on any atom is 0.141 e. The van der Waals surface area contributed by atoms with Crippen LogP contribution in [0.25, 0.3) is 11.4 Å². The van der Waals surface area contributed by atoms with Crippen LogP contribution in [0.5, 0.6) is 0 Å². The molecule has 0 radical (unpaired) electrons. The van der Waals surface area contributed by atoms with Gasteiger partial charge in [-0.15, -0.1) is 0 Å². The molecule has 1 aliphatic rings. The van der Waals surface area contributed by atoms with E-state index in [0.29, 0.717) is 6.04 Å². The lowest BCUT2D eigenvalue weighted by molar-refractivity contribution is 0.316. The minimum atomic E-state index is 0.478. The molecule has 4 heteroatoms. The Morgan fingerprint density at radius 3 is 2.75 bits per heavy atom. The molecule has 0 N–H and O–H groups in total. The molecule has 0 aliphatic carbocycles. The van der Waals surface area contributed by atoms with E-state index < -0.39 is 0 Å². The topological polar surface area (TPSA) is 34.0 Å². The summed E-state index contributed by atoms with van der Waals surface area (Å²) in [4.78, 5) is 11.4. The average molecular weight is 318 g/mol. The summed E-state index contributed by atoms with van der Waals surface area (Å²) < 4.78 is 2.39. The number of pyridine rings is 1. The van der Waals surface area contributed by atoms with Crippen LogP contribution in [0.1, 0.15) is 23.7 Å². The number of imidazole rings is 1. The minimum Gasteiger partial charge on any atom is -0.324 e. The summed E-state index contributed by atoms with van der Waals surface area (Å²) in [5, 5.41) is 0. The molecule has 0 saturated carbocycles. The highest BCUT2D eigenvalue weighted by Gasteiger charge is 2.27. The zero-order valence-electron chi connectivity index (χ0n) is 14.0. The summed E-state index contributed by atoms with van der Waals surface area (Å²) in [7, 11) is 0. The van der Waals surface area contributed by atoms with Gasteiger partial charge < -0.3 is 4.57 Å². The van der Waals surface area contributed by atoms with Crippen LogP contribution in [0, 0.1) is 6.92 Å². The van der Waals surface area contributed by atoms with Crippen LogP contribution < -0.4 is 0 Å². The number of aryl methyl sites for hydroxylation is 1. The molecular formula is C20H22N4. The monoisotopic (exact) mass is 318 g/mol. The first kappa shape index (κ1) is 15.1. The zero-order valence-corrected chi connectivity index (χ0v) is 14.0. The van der Waals surface area contributed by atoms with E-state index >= 15 is 0 Å². The van der Waals surface area contributed by atoms with Crippen LogP contribution >= 0.6 is 0 Å². The van der Waals surface area contributed by atoms with Crippen LogP contribution in [0.2, 0.25) is 0 Å². The molecule has 122 valence electrons. The third-order valence-corrected chi connectivity index (χ3v) is 4.76. The first-order valence-corrected chi connectivity index (χ1v) is 8.52. The average Bonchev–Trinajstić information content (AvgIpc) is 3.23. The second-order valence-electron chi connectivity index (χ2n) is 6.50. The van der Waals surface area contributed by atoms with Crippen molar-refractivity contribution in [1.29, 1.82) is 0 Å². The smallest absolute Gasteiger partial charge is 0.141 e. The lowest BCUT2D eigenvalue weighted by Crippen LogP contribution is -2.21. The van der Waals surface area contributed by atoms with Crippen molar-refractivity contribution >= 4 is 0 Å². The Kier molecular flexibility index (Phi) is 4.13. The summed E-state index contributed by atoms with van der Waals surface area (Å²) in [5.41, 5.74) is 3.69. The Balaban J connectivity index is 1.54. The first-order chi connectivity index (χ1) is 11.8. The van der Waals surface area contributed by atoms with Crippen molar-refractivity contribution in [2.24, 2.45) is 0 Å². The van der Waals surface area contributed by atoms with E-state index in [4.69, 9.17) is 0 Å². The van der Waals surface area contributed by atoms with Crippen molar-refractivity contribution in [2.45, 2.75) is 25.9 Å². The highest BCUT2D eigenvalue weighted by atomic mass is 15.2. The van der Waals surface area contributed by atoms with Crippen LogP contribution in [0.3, 0.4) is 0 Å². The second kappa shape index (κ2) is 6.57. The van der Waals surface area contributed by atoms with Gasteiger partial charge in [0.2, 0.25) is 0 Å². The molecule has 4 rings (SSSR count). The number of nitrogens with zero attached hydrogens (tertiary/aromatic N) is 4. The molecule has 0 spiro atoms. The number of rotatable bonds is 4. The largest absolute Gasteiger partial charge is 0.324 e. The van der Waals surface area contributed by atoms with Gasteiger partial charge in [-0.3, -0.25) is 9.88 Å². The van der Waals surface area contributed by atoms with Crippen molar-refractivity contribution in [1.82, 2.24) is 19.4 Å². The van der Waals surface area contributed by atoms with E-state index in [2.05, 4.69) is 62.8 Å². The third-order valence-electron chi connectivity index (χ3n) is 4.76.